The van der Waals surface area contributed by atoms with Crippen molar-refractivity contribution in [3.8, 4) is 11.8 Å². The van der Waals surface area contributed by atoms with Crippen LogP contribution < -0.4 is 15.4 Å². The summed E-state index contributed by atoms with van der Waals surface area (Å²) < 4.78 is 5.73. The summed E-state index contributed by atoms with van der Waals surface area (Å²) in [6.07, 6.45) is 0. The van der Waals surface area contributed by atoms with Gasteiger partial charge in [0.25, 0.3) is 0 Å². The number of nitrogens with two attached hydrogens (primary N) is 1. The summed E-state index contributed by atoms with van der Waals surface area (Å²) in [5.74, 6) is 0.901. The van der Waals surface area contributed by atoms with E-state index in [4.69, 9.17) is 15.7 Å². The predicted molar refractivity (Wildman–Crippen MR) is 82.0 cm³/mol. The molecule has 0 unspecified atom stereocenters. The van der Waals surface area contributed by atoms with Crippen LogP contribution in [-0.4, -0.2) is 13.2 Å². The lowest BCUT2D eigenvalue weighted by Crippen LogP contribution is -2.32. The molecule has 1 aliphatic heterocycles. The SMILES string of the molecule is N#Cc1ccc(CN2CCOc3cc(CN)ccc32)cc1. The van der Waals surface area contributed by atoms with Crippen LogP contribution in [0.3, 0.4) is 0 Å². The molecule has 0 aliphatic carbocycles. The highest BCUT2D eigenvalue weighted by Gasteiger charge is 2.18. The molecule has 1 aliphatic rings. The van der Waals surface area contributed by atoms with Gasteiger partial charge in [0.05, 0.1) is 23.9 Å². The number of rotatable bonds is 3. The van der Waals surface area contributed by atoms with E-state index in [2.05, 4.69) is 17.0 Å². The summed E-state index contributed by atoms with van der Waals surface area (Å²) >= 11 is 0. The highest BCUT2D eigenvalue weighted by Crippen LogP contribution is 2.33. The lowest BCUT2D eigenvalue weighted by atomic mass is 10.1. The molecular formula is C17H17N3O. The normalized spacial score (nSPS) is 13.2. The highest BCUT2D eigenvalue weighted by molar-refractivity contribution is 5.61. The van der Waals surface area contributed by atoms with E-state index in [-0.39, 0.29) is 0 Å². The van der Waals surface area contributed by atoms with Crippen molar-refractivity contribution in [3.05, 3.63) is 59.2 Å². The first-order valence-electron chi connectivity index (χ1n) is 7.00. The molecule has 2 aromatic rings. The molecule has 4 nitrogen and oxygen atoms in total. The fourth-order valence-electron chi connectivity index (χ4n) is 2.52. The first-order valence-corrected chi connectivity index (χ1v) is 7.00. The Balaban J connectivity index is 1.83. The number of hydrogen-bond donors (Lipinski definition) is 1. The van der Waals surface area contributed by atoms with Gasteiger partial charge in [-0.25, -0.2) is 0 Å². The molecular weight excluding hydrogens is 262 g/mol. The molecule has 0 saturated carbocycles. The maximum atomic E-state index is 8.84. The van der Waals surface area contributed by atoms with E-state index >= 15 is 0 Å². The van der Waals surface area contributed by atoms with Crippen molar-refractivity contribution in [1.29, 1.82) is 5.26 Å². The Morgan fingerprint density at radius 3 is 2.62 bits per heavy atom. The summed E-state index contributed by atoms with van der Waals surface area (Å²) in [6.45, 7) is 2.86. The van der Waals surface area contributed by atoms with Crippen LogP contribution >= 0.6 is 0 Å². The number of fused-ring (bicyclic) bond motifs is 1. The van der Waals surface area contributed by atoms with Gasteiger partial charge in [0.2, 0.25) is 0 Å². The van der Waals surface area contributed by atoms with Crippen LogP contribution in [0.4, 0.5) is 5.69 Å². The van der Waals surface area contributed by atoms with Gasteiger partial charge in [-0.15, -0.1) is 0 Å². The second-order valence-electron chi connectivity index (χ2n) is 5.08. The van der Waals surface area contributed by atoms with E-state index < -0.39 is 0 Å². The van der Waals surface area contributed by atoms with Gasteiger partial charge in [-0.2, -0.15) is 5.26 Å². The lowest BCUT2D eigenvalue weighted by molar-refractivity contribution is 0.306. The molecule has 1 heterocycles. The van der Waals surface area contributed by atoms with Gasteiger partial charge >= 0.3 is 0 Å². The second-order valence-corrected chi connectivity index (χ2v) is 5.08. The van der Waals surface area contributed by atoms with Crippen LogP contribution in [0, 0.1) is 11.3 Å². The second kappa shape index (κ2) is 5.86. The first kappa shape index (κ1) is 13.5. The van der Waals surface area contributed by atoms with E-state index in [1.165, 1.54) is 5.56 Å². The Labute approximate surface area is 124 Å². The van der Waals surface area contributed by atoms with Crippen LogP contribution in [0.5, 0.6) is 5.75 Å². The number of nitrogens with zero attached hydrogens (tertiary/aromatic N) is 2. The molecule has 3 rings (SSSR count). The Morgan fingerprint density at radius 1 is 1.14 bits per heavy atom. The molecule has 106 valence electrons. The van der Waals surface area contributed by atoms with Crippen molar-refractivity contribution in [2.24, 2.45) is 5.73 Å². The van der Waals surface area contributed by atoms with Crippen molar-refractivity contribution in [2.45, 2.75) is 13.1 Å². The minimum atomic E-state index is 0.520. The number of nitriles is 1. The molecule has 4 heteroatoms. The lowest BCUT2D eigenvalue weighted by Gasteiger charge is -2.31. The Kier molecular flexibility index (Phi) is 3.76. The third kappa shape index (κ3) is 2.83. The van der Waals surface area contributed by atoms with E-state index in [9.17, 15) is 0 Å². The predicted octanol–water partition coefficient (Wildman–Crippen LogP) is 2.42. The fourth-order valence-corrected chi connectivity index (χ4v) is 2.52. The van der Waals surface area contributed by atoms with Crippen molar-refractivity contribution >= 4 is 5.69 Å². The third-order valence-electron chi connectivity index (χ3n) is 3.68. The van der Waals surface area contributed by atoms with Crippen LogP contribution in [0.2, 0.25) is 0 Å². The summed E-state index contributed by atoms with van der Waals surface area (Å²) in [4.78, 5) is 2.29. The number of benzene rings is 2. The summed E-state index contributed by atoms with van der Waals surface area (Å²) in [7, 11) is 0. The van der Waals surface area contributed by atoms with Crippen molar-refractivity contribution in [2.75, 3.05) is 18.1 Å². The molecule has 0 saturated heterocycles. The van der Waals surface area contributed by atoms with Crippen LogP contribution in [0.25, 0.3) is 0 Å². The van der Waals surface area contributed by atoms with Gasteiger partial charge < -0.3 is 15.4 Å². The monoisotopic (exact) mass is 279 g/mol. The van der Waals surface area contributed by atoms with Gasteiger partial charge in [0.15, 0.2) is 0 Å². The van der Waals surface area contributed by atoms with Crippen molar-refractivity contribution in [3.63, 3.8) is 0 Å². The maximum Gasteiger partial charge on any atom is 0.143 e. The zero-order valence-corrected chi connectivity index (χ0v) is 11.7. The van der Waals surface area contributed by atoms with Gasteiger partial charge in [-0.05, 0) is 35.4 Å². The first-order chi connectivity index (χ1) is 10.3. The molecule has 0 fully saturated rings. The molecule has 21 heavy (non-hydrogen) atoms. The van der Waals surface area contributed by atoms with Gasteiger partial charge in [-0.1, -0.05) is 18.2 Å². The molecule has 2 aromatic carbocycles. The number of anilines is 1. The topological polar surface area (TPSA) is 62.3 Å². The maximum absolute atomic E-state index is 8.84. The average Bonchev–Trinajstić information content (AvgIpc) is 2.55. The smallest absolute Gasteiger partial charge is 0.143 e. The molecule has 0 radical (unpaired) electrons. The standard InChI is InChI=1S/C17H17N3O/c18-10-13-1-3-14(4-2-13)12-20-7-8-21-17-9-15(11-19)5-6-16(17)20/h1-6,9H,7-8,11-12,19H2. The third-order valence-corrected chi connectivity index (χ3v) is 3.68. The molecule has 0 aromatic heterocycles. The highest BCUT2D eigenvalue weighted by atomic mass is 16.5. The molecule has 0 bridgehead atoms. The Morgan fingerprint density at radius 2 is 1.90 bits per heavy atom. The molecule has 0 spiro atoms. The van der Waals surface area contributed by atoms with Crippen molar-refractivity contribution in [1.82, 2.24) is 0 Å². The summed E-state index contributed by atoms with van der Waals surface area (Å²) in [5.41, 5.74) is 9.72. The van der Waals surface area contributed by atoms with E-state index in [0.29, 0.717) is 18.7 Å². The zero-order valence-electron chi connectivity index (χ0n) is 11.7. The fraction of sp³-hybridized carbons (Fsp3) is 0.235. The number of hydrogen-bond acceptors (Lipinski definition) is 4. The van der Waals surface area contributed by atoms with Gasteiger partial charge in [0, 0.05) is 13.1 Å². The number of ether oxygens (including phenoxy) is 1. The quantitative estimate of drug-likeness (QED) is 0.937. The van der Waals surface area contributed by atoms with Crippen molar-refractivity contribution < 1.29 is 4.74 Å². The summed E-state index contributed by atoms with van der Waals surface area (Å²) in [5, 5.41) is 8.84. The molecule has 2 N–H and O–H groups in total. The van der Waals surface area contributed by atoms with Crippen LogP contribution in [-0.2, 0) is 13.1 Å². The largest absolute Gasteiger partial charge is 0.490 e. The van der Waals surface area contributed by atoms with Gasteiger partial charge in [-0.3, -0.25) is 0 Å². The Bertz CT molecular complexity index is 673. The Hall–Kier alpha value is -2.51. The minimum Gasteiger partial charge on any atom is -0.490 e. The molecule has 0 amide bonds. The minimum absolute atomic E-state index is 0.520. The van der Waals surface area contributed by atoms with E-state index in [1.807, 2.05) is 36.4 Å². The zero-order chi connectivity index (χ0) is 14.7. The van der Waals surface area contributed by atoms with E-state index in [0.717, 1.165) is 30.1 Å². The van der Waals surface area contributed by atoms with Crippen LogP contribution in [0.15, 0.2) is 42.5 Å². The molecule has 0 atom stereocenters. The average molecular weight is 279 g/mol. The van der Waals surface area contributed by atoms with Gasteiger partial charge in [0.1, 0.15) is 12.4 Å². The van der Waals surface area contributed by atoms with Crippen LogP contribution in [0.1, 0.15) is 16.7 Å². The summed E-state index contributed by atoms with van der Waals surface area (Å²) in [6, 6.07) is 16.0. The van der Waals surface area contributed by atoms with E-state index in [1.54, 1.807) is 0 Å².